The molecule has 0 radical (unpaired) electrons. The van der Waals surface area contributed by atoms with E-state index in [1.54, 1.807) is 0 Å². The highest BCUT2D eigenvalue weighted by atomic mass is 14.5. The van der Waals surface area contributed by atoms with Crippen molar-refractivity contribution in [2.45, 2.75) is 0 Å². The first-order valence-corrected chi connectivity index (χ1v) is 0.724. The third-order valence-electron chi connectivity index (χ3n) is 0.0559. The maximum atomic E-state index is 6.85. The highest BCUT2D eigenvalue weighted by Crippen LogP contribution is 1.40. The number of hydrogen-bond donors (Lipinski definition) is 1. The van der Waals surface area contributed by atoms with E-state index in [0.29, 0.717) is 0 Å². The molecule has 1 heteroatoms. The Hall–Kier alpha value is -0.300. The Labute approximate surface area is 36.1 Å². The van der Waals surface area contributed by atoms with Crippen LogP contribution >= 0.6 is 0 Å². The van der Waals surface area contributed by atoms with Crippen molar-refractivity contribution in [2.75, 3.05) is 6.50 Å². The lowest BCUT2D eigenvalue weighted by Crippen LogP contribution is -1.90. The minimum absolute atomic E-state index is 0.349. The number of hydrogen-bond acceptors (Lipinski definition) is 1. The van der Waals surface area contributed by atoms with E-state index < -0.39 is 19.1 Å². The molecule has 0 aliphatic heterocycles. The van der Waals surface area contributed by atoms with Crippen molar-refractivity contribution in [1.29, 1.82) is 0 Å². The molecule has 0 saturated heterocycles. The molecular weight excluding hydrogens is 50.0 g/mol. The van der Waals surface area contributed by atoms with Gasteiger partial charge in [0.15, 0.2) is 0 Å². The zero-order valence-corrected chi connectivity index (χ0v) is 1.95. The van der Waals surface area contributed by atoms with Crippen LogP contribution in [0.25, 0.3) is 0 Å². The van der Waals surface area contributed by atoms with E-state index in [2.05, 4.69) is 0 Å². The third kappa shape index (κ3) is 1.70. The van der Waals surface area contributed by atoms with Crippen LogP contribution in [0.2, 0.25) is 2.82 Å². The normalized spacial score (nSPS) is 34.8. The average molecular weight is 64.1 g/mol. The summed E-state index contributed by atoms with van der Waals surface area (Å²) in [7, 11) is 0. The van der Waals surface area contributed by atoms with Gasteiger partial charge in [-0.3, -0.25) is 0 Å². The van der Waals surface area contributed by atoms with Gasteiger partial charge in [-0.05, 0) is 0 Å². The van der Waals surface area contributed by atoms with Gasteiger partial charge >= 0.3 is 0 Å². The predicted molar refractivity (Wildman–Crippen MR) is 19.3 cm³/mol. The van der Waals surface area contributed by atoms with Gasteiger partial charge in [0, 0.05) is 9.24 Å². The zero-order valence-electron chi connectivity index (χ0n) is 8.95. The largest absolute Gasteiger partial charge is 0.327 e. The summed E-state index contributed by atoms with van der Waals surface area (Å²) in [5.41, 5.74) is -0.349. The second kappa shape index (κ2) is 2.70. The van der Waals surface area contributed by atoms with Crippen molar-refractivity contribution in [3.63, 3.8) is 0 Å². The molecule has 0 saturated carbocycles. The molecule has 4 heavy (non-hydrogen) atoms. The molecule has 0 bridgehead atoms. The maximum absolute atomic E-state index is 6.85. The van der Waals surface area contributed by atoms with Crippen LogP contribution in [0.15, 0.2) is 12.6 Å². The molecule has 0 fully saturated rings. The van der Waals surface area contributed by atoms with Gasteiger partial charge in [-0.2, -0.15) is 0 Å². The molecule has 0 aromatic heterocycles. The Bertz CT molecular complexity index is 169. The summed E-state index contributed by atoms with van der Waals surface area (Å²) in [5.74, 6) is 0. The third-order valence-corrected chi connectivity index (χ3v) is 0.0559. The molecule has 0 atom stereocenters. The van der Waals surface area contributed by atoms with Gasteiger partial charge in [0.25, 0.3) is 0 Å². The Morgan fingerprint density at radius 2 is 4.25 bits per heavy atom. The fraction of sp³-hybridized carbons (Fsp3) is 0.333. The first-order valence-electron chi connectivity index (χ1n) is 4.12. The van der Waals surface area contributed by atoms with Gasteiger partial charge in [0.2, 0.25) is 0 Å². The smallest absolute Gasteiger partial charge is 0.119 e. The molecule has 24 valence electrons. The molecular formula is C3H7N. The van der Waals surface area contributed by atoms with Gasteiger partial charge in [0.1, 0.15) is 2.82 Å². The lowest BCUT2D eigenvalue weighted by molar-refractivity contribution is 1.26. The van der Waals surface area contributed by atoms with Crippen LogP contribution in [0.4, 0.5) is 0 Å². The summed E-state index contributed by atoms with van der Waals surface area (Å²) in [5, 5.41) is 0. The van der Waals surface area contributed by atoms with Crippen LogP contribution in [0.3, 0.4) is 0 Å². The molecule has 0 aliphatic rings. The van der Waals surface area contributed by atoms with E-state index in [9.17, 15) is 0 Å². The molecule has 0 unspecified atom stereocenters. The second-order valence-electron chi connectivity index (χ2n) is 0.237. The Morgan fingerprint density at radius 1 is 3.25 bits per heavy atom. The van der Waals surface area contributed by atoms with Crippen molar-refractivity contribution in [3.05, 3.63) is 12.6 Å². The summed E-state index contributed by atoms with van der Waals surface area (Å²) < 4.78 is 46.6. The Kier molecular flexibility index (Phi) is 0.194. The molecule has 2 N–H and O–H groups in total. The van der Waals surface area contributed by atoms with E-state index in [0.717, 1.165) is 0 Å². The van der Waals surface area contributed by atoms with Gasteiger partial charge in [-0.15, -0.1) is 6.53 Å². The minimum atomic E-state index is -2.68. The standard InChI is InChI=1S/C3H7N/c1-2-3-4/h2H,1,3-4H2/i1D2,2D,3D2/hD2. The van der Waals surface area contributed by atoms with Crippen molar-refractivity contribution in [3.8, 4) is 0 Å². The van der Waals surface area contributed by atoms with E-state index in [-0.39, 0.29) is 5.72 Å². The van der Waals surface area contributed by atoms with Crippen LogP contribution in [-0.2, 0) is 0 Å². The van der Waals surface area contributed by atoms with E-state index in [4.69, 9.17) is 9.68 Å². The van der Waals surface area contributed by atoms with Gasteiger partial charge in [0.05, 0.1) is 4.11 Å². The lowest BCUT2D eigenvalue weighted by Gasteiger charge is -1.61. The predicted octanol–water partition coefficient (Wildman–Crippen LogP) is 0.131. The maximum Gasteiger partial charge on any atom is 0.119 e. The van der Waals surface area contributed by atoms with Crippen molar-refractivity contribution in [2.24, 2.45) is 5.72 Å². The summed E-state index contributed by atoms with van der Waals surface area (Å²) in [6, 6.07) is -0.998. The topological polar surface area (TPSA) is 26.0 Å². The van der Waals surface area contributed by atoms with Gasteiger partial charge < -0.3 is 5.72 Å². The highest BCUT2D eigenvalue weighted by Gasteiger charge is 1.43. The fourth-order valence-corrected chi connectivity index (χ4v) is 0. The highest BCUT2D eigenvalue weighted by molar-refractivity contribution is 4.64. The summed E-state index contributed by atoms with van der Waals surface area (Å²) in [6.07, 6.45) is 0. The van der Waals surface area contributed by atoms with Crippen molar-refractivity contribution in [1.82, 2.24) is 0 Å². The Morgan fingerprint density at radius 3 is 4.50 bits per heavy atom. The van der Waals surface area contributed by atoms with Crippen LogP contribution in [0.5, 0.6) is 0 Å². The molecule has 0 amide bonds. The lowest BCUT2D eigenvalue weighted by atomic mass is 10.7. The number of rotatable bonds is 2. The first-order chi connectivity index (χ1) is 4.80. The minimum Gasteiger partial charge on any atom is -0.327 e. The average Bonchev–Trinajstić information content (AvgIpc) is 1.85. The van der Waals surface area contributed by atoms with E-state index in [1.165, 1.54) is 0 Å². The van der Waals surface area contributed by atoms with Gasteiger partial charge in [-0.25, -0.2) is 0 Å². The van der Waals surface area contributed by atoms with Crippen molar-refractivity contribution >= 4 is 0 Å². The van der Waals surface area contributed by atoms with Crippen LogP contribution in [0, 0.1) is 0 Å². The summed E-state index contributed by atoms with van der Waals surface area (Å²) in [4.78, 5) is 0. The van der Waals surface area contributed by atoms with E-state index in [1.807, 2.05) is 0 Å². The van der Waals surface area contributed by atoms with Crippen LogP contribution < -0.4 is 5.72 Å². The Balaban J connectivity index is 4.70. The molecule has 0 aliphatic carbocycles. The zero-order chi connectivity index (χ0) is 9.23. The first kappa shape index (κ1) is 0.287. The molecule has 0 aromatic rings. The van der Waals surface area contributed by atoms with Gasteiger partial charge in [-0.1, -0.05) is 6.05 Å². The fourth-order valence-electron chi connectivity index (χ4n) is 0. The van der Waals surface area contributed by atoms with Crippen molar-refractivity contribution < 1.29 is 9.68 Å². The molecule has 0 aromatic carbocycles. The summed E-state index contributed by atoms with van der Waals surface area (Å²) in [6.45, 7) is -3.71. The second-order valence-corrected chi connectivity index (χ2v) is 0.237. The molecule has 0 spiro atoms. The monoisotopic (exact) mass is 64.1 g/mol. The molecule has 0 heterocycles. The quantitative estimate of drug-likeness (QED) is 0.454. The SMILES string of the molecule is [2H]C([2H])=C([2H])C([2H])([2H])N([2H])[2H]. The molecule has 1 nitrogen and oxygen atoms in total. The molecule has 0 rings (SSSR count). The summed E-state index contributed by atoms with van der Waals surface area (Å²) >= 11 is 0. The van der Waals surface area contributed by atoms with Crippen LogP contribution in [0.1, 0.15) is 6.85 Å². The number of nitrogens with two attached hydrogens (primary N) is 1. The van der Waals surface area contributed by atoms with E-state index >= 15 is 0 Å². The van der Waals surface area contributed by atoms with Crippen LogP contribution in [-0.4, -0.2) is 6.50 Å².